The Morgan fingerprint density at radius 3 is 2.27 bits per heavy atom. The summed E-state index contributed by atoms with van der Waals surface area (Å²) in [5, 5.41) is 3.23. The molecule has 1 N–H and O–H groups in total. The molecule has 0 heterocycles. The summed E-state index contributed by atoms with van der Waals surface area (Å²) in [4.78, 5) is 29.2. The van der Waals surface area contributed by atoms with E-state index in [-0.39, 0.29) is 24.5 Å². The van der Waals surface area contributed by atoms with Gasteiger partial charge in [-0.15, -0.1) is 0 Å². The number of carbonyl (C=O) groups excluding carboxylic acids is 2. The molecule has 194 valence electrons. The average Bonchev–Trinajstić information content (AvgIpc) is 3.44. The Balaban J connectivity index is 1.63. The molecule has 1 aliphatic rings. The highest BCUT2D eigenvalue weighted by molar-refractivity contribution is 5.88. The summed E-state index contributed by atoms with van der Waals surface area (Å²) in [6, 6.07) is 24.6. The molecule has 1 saturated carbocycles. The van der Waals surface area contributed by atoms with Gasteiger partial charge in [0, 0.05) is 19.0 Å². The van der Waals surface area contributed by atoms with E-state index in [1.165, 1.54) is 0 Å². The van der Waals surface area contributed by atoms with Gasteiger partial charge in [0.25, 0.3) is 5.91 Å². The summed E-state index contributed by atoms with van der Waals surface area (Å²) in [6.07, 6.45) is 4.62. The second-order valence-electron chi connectivity index (χ2n) is 9.58. The second-order valence-corrected chi connectivity index (χ2v) is 9.58. The molecule has 37 heavy (non-hydrogen) atoms. The van der Waals surface area contributed by atoms with Gasteiger partial charge >= 0.3 is 0 Å². The minimum absolute atomic E-state index is 0.116. The summed E-state index contributed by atoms with van der Waals surface area (Å²) in [5.74, 6) is 0.677. The van der Waals surface area contributed by atoms with Crippen molar-refractivity contribution in [1.29, 1.82) is 0 Å². The topological polar surface area (TPSA) is 67.9 Å². The van der Waals surface area contributed by atoms with Crippen molar-refractivity contribution >= 4 is 11.8 Å². The molecule has 1 aliphatic carbocycles. The van der Waals surface area contributed by atoms with Crippen LogP contribution in [0.1, 0.15) is 42.4 Å². The third-order valence-electron chi connectivity index (χ3n) is 6.99. The first-order valence-electron chi connectivity index (χ1n) is 13.0. The predicted octanol–water partition coefficient (Wildman–Crippen LogP) is 5.08. The Hall–Kier alpha value is -3.80. The molecule has 2 amide bonds. The highest BCUT2D eigenvalue weighted by atomic mass is 16.5. The third-order valence-corrected chi connectivity index (χ3v) is 6.99. The van der Waals surface area contributed by atoms with E-state index in [1.54, 1.807) is 24.1 Å². The lowest BCUT2D eigenvalue weighted by molar-refractivity contribution is -0.143. The zero-order valence-corrected chi connectivity index (χ0v) is 21.7. The number of carbonyl (C=O) groups is 2. The quantitative estimate of drug-likeness (QED) is 0.399. The lowest BCUT2D eigenvalue weighted by atomic mass is 10.0. The standard InChI is InChI=1S/C31H36N2O4/c1-23-12-6-7-15-25(23)21-33(30(34)22-37-29-19-11-10-18-28(29)36-2)27(20-24-13-4-3-5-14-24)31(35)32-26-16-8-9-17-26/h3-7,10-15,18-19,26-27H,8-9,16-17,20-22H2,1-2H3,(H,32,35)/t27-/m1/s1. The van der Waals surface area contributed by atoms with Crippen LogP contribution in [0.3, 0.4) is 0 Å². The first kappa shape index (κ1) is 26.3. The molecule has 3 aromatic rings. The number of methoxy groups -OCH3 is 1. The summed E-state index contributed by atoms with van der Waals surface area (Å²) < 4.78 is 11.3. The third kappa shape index (κ3) is 7.13. The Morgan fingerprint density at radius 2 is 1.57 bits per heavy atom. The maximum Gasteiger partial charge on any atom is 0.261 e. The number of amides is 2. The van der Waals surface area contributed by atoms with Gasteiger partial charge in [0.2, 0.25) is 5.91 Å². The maximum absolute atomic E-state index is 13.8. The van der Waals surface area contributed by atoms with E-state index < -0.39 is 6.04 Å². The van der Waals surface area contributed by atoms with Crippen molar-refractivity contribution in [2.75, 3.05) is 13.7 Å². The molecule has 6 heteroatoms. The Labute approximate surface area is 219 Å². The van der Waals surface area contributed by atoms with E-state index in [0.717, 1.165) is 42.4 Å². The van der Waals surface area contributed by atoms with Gasteiger partial charge in [0.05, 0.1) is 7.11 Å². The fourth-order valence-electron chi connectivity index (χ4n) is 4.85. The van der Waals surface area contributed by atoms with E-state index in [9.17, 15) is 9.59 Å². The first-order chi connectivity index (χ1) is 18.0. The highest BCUT2D eigenvalue weighted by Gasteiger charge is 2.32. The largest absolute Gasteiger partial charge is 0.493 e. The SMILES string of the molecule is COc1ccccc1OCC(=O)N(Cc1ccccc1C)[C@H](Cc1ccccc1)C(=O)NC1CCCC1. The summed E-state index contributed by atoms with van der Waals surface area (Å²) in [6.45, 7) is 2.14. The molecule has 0 saturated heterocycles. The zero-order valence-electron chi connectivity index (χ0n) is 21.7. The van der Waals surface area contributed by atoms with Crippen molar-refractivity contribution < 1.29 is 19.1 Å². The van der Waals surface area contributed by atoms with Crippen LogP contribution in [0.2, 0.25) is 0 Å². The van der Waals surface area contributed by atoms with E-state index in [1.807, 2.05) is 73.7 Å². The van der Waals surface area contributed by atoms with Crippen molar-refractivity contribution in [3.05, 3.63) is 95.6 Å². The minimum Gasteiger partial charge on any atom is -0.493 e. The number of hydrogen-bond donors (Lipinski definition) is 1. The molecular weight excluding hydrogens is 464 g/mol. The minimum atomic E-state index is -0.670. The molecule has 4 rings (SSSR count). The Bertz CT molecular complexity index is 1170. The van der Waals surface area contributed by atoms with Gasteiger partial charge in [-0.1, -0.05) is 79.6 Å². The number of nitrogens with zero attached hydrogens (tertiary/aromatic N) is 1. The smallest absolute Gasteiger partial charge is 0.261 e. The van der Waals surface area contributed by atoms with Crippen LogP contribution in [-0.4, -0.2) is 42.5 Å². The van der Waals surface area contributed by atoms with Crippen molar-refractivity contribution in [2.45, 2.75) is 57.7 Å². The number of ether oxygens (including phenoxy) is 2. The molecule has 0 unspecified atom stereocenters. The number of benzene rings is 3. The van der Waals surface area contributed by atoms with Gasteiger partial charge in [0.15, 0.2) is 18.1 Å². The van der Waals surface area contributed by atoms with Gasteiger partial charge in [0.1, 0.15) is 6.04 Å². The van der Waals surface area contributed by atoms with Gasteiger partial charge < -0.3 is 19.7 Å². The lowest BCUT2D eigenvalue weighted by Crippen LogP contribution is -2.53. The summed E-state index contributed by atoms with van der Waals surface area (Å²) >= 11 is 0. The van der Waals surface area contributed by atoms with Crippen molar-refractivity contribution in [3.8, 4) is 11.5 Å². The predicted molar refractivity (Wildman–Crippen MR) is 145 cm³/mol. The molecule has 1 fully saturated rings. The van der Waals surface area contributed by atoms with Crippen LogP contribution in [0, 0.1) is 6.92 Å². The fourth-order valence-corrected chi connectivity index (χ4v) is 4.85. The lowest BCUT2D eigenvalue weighted by Gasteiger charge is -2.32. The van der Waals surface area contributed by atoms with Crippen LogP contribution < -0.4 is 14.8 Å². The van der Waals surface area contributed by atoms with Crippen molar-refractivity contribution in [2.24, 2.45) is 0 Å². The Morgan fingerprint density at radius 1 is 0.919 bits per heavy atom. The number of nitrogens with one attached hydrogen (secondary N) is 1. The number of aryl methyl sites for hydroxylation is 1. The maximum atomic E-state index is 13.8. The van der Waals surface area contributed by atoms with Gasteiger partial charge in [-0.2, -0.15) is 0 Å². The summed E-state index contributed by atoms with van der Waals surface area (Å²) in [7, 11) is 1.57. The van der Waals surface area contributed by atoms with Crippen molar-refractivity contribution in [3.63, 3.8) is 0 Å². The molecular formula is C31H36N2O4. The second kappa shape index (κ2) is 12.9. The molecule has 0 spiro atoms. The van der Waals surface area contributed by atoms with E-state index in [4.69, 9.17) is 9.47 Å². The van der Waals surface area contributed by atoms with Crippen LogP contribution in [0.4, 0.5) is 0 Å². The number of hydrogen-bond acceptors (Lipinski definition) is 4. The number of rotatable bonds is 11. The van der Waals surface area contributed by atoms with E-state index >= 15 is 0 Å². The first-order valence-corrected chi connectivity index (χ1v) is 13.0. The average molecular weight is 501 g/mol. The van der Waals surface area contributed by atoms with Crippen LogP contribution in [0.5, 0.6) is 11.5 Å². The van der Waals surface area contributed by atoms with Gasteiger partial charge in [-0.05, 0) is 48.6 Å². The monoisotopic (exact) mass is 500 g/mol. The van der Waals surface area contributed by atoms with Crippen LogP contribution >= 0.6 is 0 Å². The molecule has 6 nitrogen and oxygen atoms in total. The molecule has 3 aromatic carbocycles. The molecule has 0 aromatic heterocycles. The highest BCUT2D eigenvalue weighted by Crippen LogP contribution is 2.26. The number of para-hydroxylation sites is 2. The molecule has 0 radical (unpaired) electrons. The van der Waals surface area contributed by atoms with E-state index in [0.29, 0.717) is 24.5 Å². The molecule has 1 atom stereocenters. The van der Waals surface area contributed by atoms with Crippen LogP contribution in [0.15, 0.2) is 78.9 Å². The molecule has 0 aliphatic heterocycles. The van der Waals surface area contributed by atoms with Crippen LogP contribution in [0.25, 0.3) is 0 Å². The van der Waals surface area contributed by atoms with Crippen molar-refractivity contribution in [1.82, 2.24) is 10.2 Å². The fraction of sp³-hybridized carbons (Fsp3) is 0.355. The molecule has 0 bridgehead atoms. The Kier molecular flexibility index (Phi) is 9.19. The van der Waals surface area contributed by atoms with Crippen LogP contribution in [-0.2, 0) is 22.6 Å². The van der Waals surface area contributed by atoms with Gasteiger partial charge in [-0.25, -0.2) is 0 Å². The van der Waals surface area contributed by atoms with Gasteiger partial charge in [-0.3, -0.25) is 9.59 Å². The normalized spacial score (nSPS) is 14.1. The zero-order chi connectivity index (χ0) is 26.0. The summed E-state index contributed by atoms with van der Waals surface area (Å²) in [5.41, 5.74) is 3.07. The van der Waals surface area contributed by atoms with E-state index in [2.05, 4.69) is 5.32 Å².